The predicted octanol–water partition coefficient (Wildman–Crippen LogP) is 3.19. The van der Waals surface area contributed by atoms with Crippen LogP contribution in [0.3, 0.4) is 0 Å². The Morgan fingerprint density at radius 3 is 2.86 bits per heavy atom. The summed E-state index contributed by atoms with van der Waals surface area (Å²) in [5, 5.41) is 2.78. The van der Waals surface area contributed by atoms with E-state index in [1.54, 1.807) is 6.07 Å². The first kappa shape index (κ1) is 14.1. The molecule has 0 fully saturated rings. The fraction of sp³-hybridized carbons (Fsp3) is 0.250. The van der Waals surface area contributed by atoms with Gasteiger partial charge in [0.1, 0.15) is 5.56 Å². The monoisotopic (exact) mass is 346 g/mol. The number of aromatic nitrogens is 1. The van der Waals surface area contributed by atoms with Crippen LogP contribution in [0.2, 0.25) is 0 Å². The summed E-state index contributed by atoms with van der Waals surface area (Å²) in [5.74, 6) is -0.379. The molecule has 0 saturated carbocycles. The number of halogens is 1. The van der Waals surface area contributed by atoms with Gasteiger partial charge >= 0.3 is 0 Å². The van der Waals surface area contributed by atoms with Gasteiger partial charge in [0.25, 0.3) is 11.5 Å². The minimum absolute atomic E-state index is 0.170. The van der Waals surface area contributed by atoms with Gasteiger partial charge in [0.05, 0.1) is 5.69 Å². The second-order valence-electron chi connectivity index (χ2n) is 5.31. The number of hydrogen-bond donors (Lipinski definition) is 2. The quantitative estimate of drug-likeness (QED) is 0.877. The van der Waals surface area contributed by atoms with E-state index in [0.717, 1.165) is 40.6 Å². The normalized spacial score (nSPS) is 13.0. The molecule has 5 heteroatoms. The molecule has 0 radical (unpaired) electrons. The van der Waals surface area contributed by atoms with Crippen molar-refractivity contribution >= 4 is 27.5 Å². The Bertz CT molecular complexity index is 780. The molecule has 0 spiro atoms. The fourth-order valence-electron chi connectivity index (χ4n) is 2.59. The van der Waals surface area contributed by atoms with Gasteiger partial charge in [0.15, 0.2) is 0 Å². The van der Waals surface area contributed by atoms with Crippen LogP contribution < -0.4 is 10.9 Å². The summed E-state index contributed by atoms with van der Waals surface area (Å²) in [6.07, 6.45) is 2.83. The lowest BCUT2D eigenvalue weighted by Gasteiger charge is -2.09. The molecule has 2 aromatic rings. The van der Waals surface area contributed by atoms with Gasteiger partial charge in [-0.1, -0.05) is 6.07 Å². The lowest BCUT2D eigenvalue weighted by atomic mass is 10.1. The van der Waals surface area contributed by atoms with Crippen LogP contribution in [0.1, 0.15) is 33.6 Å². The first-order valence-electron chi connectivity index (χ1n) is 6.87. The summed E-state index contributed by atoms with van der Waals surface area (Å²) in [7, 11) is 0. The first-order valence-corrected chi connectivity index (χ1v) is 7.66. The molecule has 4 nitrogen and oxygen atoms in total. The lowest BCUT2D eigenvalue weighted by Crippen LogP contribution is -2.24. The fourth-order valence-corrected chi connectivity index (χ4v) is 3.19. The second kappa shape index (κ2) is 5.48. The highest BCUT2D eigenvalue weighted by Gasteiger charge is 2.18. The molecule has 2 N–H and O–H groups in total. The van der Waals surface area contributed by atoms with E-state index in [0.29, 0.717) is 5.69 Å². The average molecular weight is 347 g/mol. The SMILES string of the molecule is Cc1ccc(NC(=O)c2cc3c([nH]c2=O)CCC3)c(Br)c1. The number of aromatic amines is 1. The van der Waals surface area contributed by atoms with Gasteiger partial charge in [-0.2, -0.15) is 0 Å². The summed E-state index contributed by atoms with van der Waals surface area (Å²) in [5.41, 5.74) is 3.64. The molecule has 1 aliphatic rings. The van der Waals surface area contributed by atoms with Crippen molar-refractivity contribution in [2.75, 3.05) is 5.32 Å². The highest BCUT2D eigenvalue weighted by atomic mass is 79.9. The molecular formula is C16H15BrN2O2. The van der Waals surface area contributed by atoms with Gasteiger partial charge in [-0.3, -0.25) is 9.59 Å². The maximum absolute atomic E-state index is 12.3. The van der Waals surface area contributed by atoms with Crippen LogP contribution in [0.4, 0.5) is 5.69 Å². The Labute approximate surface area is 130 Å². The molecule has 0 aliphatic heterocycles. The standard InChI is InChI=1S/C16H15BrN2O2/c1-9-5-6-14(12(17)7-9)19-16(21)11-8-10-3-2-4-13(10)18-15(11)20/h5-8H,2-4H2,1H3,(H,18,20)(H,19,21). The molecule has 108 valence electrons. The number of fused-ring (bicyclic) bond motifs is 1. The number of carbonyl (C=O) groups excluding carboxylic acids is 1. The number of anilines is 1. The van der Waals surface area contributed by atoms with E-state index in [4.69, 9.17) is 0 Å². The zero-order chi connectivity index (χ0) is 15.0. The average Bonchev–Trinajstić information content (AvgIpc) is 2.88. The highest BCUT2D eigenvalue weighted by molar-refractivity contribution is 9.10. The Morgan fingerprint density at radius 2 is 2.10 bits per heavy atom. The van der Waals surface area contributed by atoms with Crippen molar-refractivity contribution in [2.24, 2.45) is 0 Å². The molecule has 0 bridgehead atoms. The van der Waals surface area contributed by atoms with Crippen molar-refractivity contribution in [3.05, 3.63) is 61.5 Å². The van der Waals surface area contributed by atoms with Crippen molar-refractivity contribution in [3.63, 3.8) is 0 Å². The molecule has 0 atom stereocenters. The van der Waals surface area contributed by atoms with Crippen molar-refractivity contribution in [1.82, 2.24) is 4.98 Å². The van der Waals surface area contributed by atoms with E-state index in [2.05, 4.69) is 26.2 Å². The van der Waals surface area contributed by atoms with Crippen molar-refractivity contribution in [2.45, 2.75) is 26.2 Å². The third-order valence-corrected chi connectivity index (χ3v) is 4.36. The highest BCUT2D eigenvalue weighted by Crippen LogP contribution is 2.24. The van der Waals surface area contributed by atoms with Crippen LogP contribution in [0.5, 0.6) is 0 Å². The van der Waals surface area contributed by atoms with E-state index in [1.165, 1.54) is 0 Å². The van der Waals surface area contributed by atoms with Crippen molar-refractivity contribution in [3.8, 4) is 0 Å². The largest absolute Gasteiger partial charge is 0.325 e. The number of hydrogen-bond acceptors (Lipinski definition) is 2. The Balaban J connectivity index is 1.91. The van der Waals surface area contributed by atoms with Crippen LogP contribution in [-0.2, 0) is 12.8 Å². The number of aryl methyl sites for hydroxylation is 3. The Hall–Kier alpha value is -1.88. The zero-order valence-electron chi connectivity index (χ0n) is 11.6. The van der Waals surface area contributed by atoms with Crippen LogP contribution in [0, 0.1) is 6.92 Å². The summed E-state index contributed by atoms with van der Waals surface area (Å²) in [6, 6.07) is 7.37. The number of pyridine rings is 1. The predicted molar refractivity (Wildman–Crippen MR) is 85.9 cm³/mol. The first-order chi connectivity index (χ1) is 10.0. The Kier molecular flexibility index (Phi) is 3.68. The van der Waals surface area contributed by atoms with Crippen LogP contribution in [-0.4, -0.2) is 10.9 Å². The van der Waals surface area contributed by atoms with E-state index in [-0.39, 0.29) is 17.0 Å². The molecule has 1 aliphatic carbocycles. The second-order valence-corrected chi connectivity index (χ2v) is 6.16. The lowest BCUT2D eigenvalue weighted by molar-refractivity contribution is 0.102. The number of carbonyl (C=O) groups is 1. The number of H-pyrrole nitrogens is 1. The molecule has 0 unspecified atom stereocenters. The maximum Gasteiger partial charge on any atom is 0.261 e. The van der Waals surface area contributed by atoms with Gasteiger partial charge in [-0.25, -0.2) is 0 Å². The molecule has 0 saturated heterocycles. The number of amides is 1. The van der Waals surface area contributed by atoms with Crippen LogP contribution >= 0.6 is 15.9 Å². The minimum atomic E-state index is -0.379. The minimum Gasteiger partial charge on any atom is -0.325 e. The molecule has 3 rings (SSSR count). The Morgan fingerprint density at radius 1 is 1.29 bits per heavy atom. The number of benzene rings is 1. The van der Waals surface area contributed by atoms with Gasteiger partial charge in [0.2, 0.25) is 0 Å². The molecule has 21 heavy (non-hydrogen) atoms. The molecule has 1 aromatic carbocycles. The summed E-state index contributed by atoms with van der Waals surface area (Å²) in [6.45, 7) is 1.97. The van der Waals surface area contributed by atoms with E-state index >= 15 is 0 Å². The van der Waals surface area contributed by atoms with Crippen LogP contribution in [0.25, 0.3) is 0 Å². The van der Waals surface area contributed by atoms with E-state index in [1.807, 2.05) is 25.1 Å². The summed E-state index contributed by atoms with van der Waals surface area (Å²) >= 11 is 3.42. The third kappa shape index (κ3) is 2.78. The smallest absolute Gasteiger partial charge is 0.261 e. The summed E-state index contributed by atoms with van der Waals surface area (Å²) in [4.78, 5) is 27.2. The number of nitrogens with one attached hydrogen (secondary N) is 2. The van der Waals surface area contributed by atoms with Gasteiger partial charge in [-0.05, 0) is 71.4 Å². The molecular weight excluding hydrogens is 332 g/mol. The zero-order valence-corrected chi connectivity index (χ0v) is 13.2. The van der Waals surface area contributed by atoms with Gasteiger partial charge in [-0.15, -0.1) is 0 Å². The van der Waals surface area contributed by atoms with Crippen molar-refractivity contribution in [1.29, 1.82) is 0 Å². The third-order valence-electron chi connectivity index (χ3n) is 3.71. The van der Waals surface area contributed by atoms with Crippen LogP contribution in [0.15, 0.2) is 33.5 Å². The molecule has 1 heterocycles. The number of rotatable bonds is 2. The summed E-state index contributed by atoms with van der Waals surface area (Å²) < 4.78 is 0.799. The van der Waals surface area contributed by atoms with E-state index in [9.17, 15) is 9.59 Å². The van der Waals surface area contributed by atoms with Crippen molar-refractivity contribution < 1.29 is 4.79 Å². The van der Waals surface area contributed by atoms with E-state index < -0.39 is 0 Å². The molecule has 1 aromatic heterocycles. The molecule has 1 amide bonds. The maximum atomic E-state index is 12.3. The van der Waals surface area contributed by atoms with Gasteiger partial charge in [0, 0.05) is 10.2 Å². The topological polar surface area (TPSA) is 62.0 Å². The van der Waals surface area contributed by atoms with Gasteiger partial charge < -0.3 is 10.3 Å².